The predicted octanol–water partition coefficient (Wildman–Crippen LogP) is 2.03. The normalized spacial score (nSPS) is 13.1. The second kappa shape index (κ2) is 9.67. The topological polar surface area (TPSA) is 146 Å². The third-order valence-corrected chi connectivity index (χ3v) is 6.32. The minimum atomic E-state index is -4.43. The van der Waals surface area contributed by atoms with E-state index >= 15 is 0 Å². The van der Waals surface area contributed by atoms with E-state index < -0.39 is 34.3 Å². The Morgan fingerprint density at radius 2 is 1.80 bits per heavy atom. The molecule has 11 nitrogen and oxygen atoms in total. The number of urea groups is 1. The Bertz CT molecular complexity index is 1000. The number of carbonyl (C=O) groups excluding carboxylic acids is 2. The number of thiophene rings is 1. The van der Waals surface area contributed by atoms with E-state index in [2.05, 4.69) is 15.3 Å². The zero-order chi connectivity index (χ0) is 22.5. The van der Waals surface area contributed by atoms with Crippen LogP contribution in [0.25, 0.3) is 0 Å². The van der Waals surface area contributed by atoms with Crippen LogP contribution in [0.3, 0.4) is 0 Å². The fourth-order valence-electron chi connectivity index (χ4n) is 2.28. The minimum absolute atomic E-state index is 0.0710. The number of nitrogens with zero attached hydrogens (tertiary/aromatic N) is 2. The molecule has 2 aromatic rings. The molecule has 0 saturated heterocycles. The molecule has 0 saturated carbocycles. The lowest BCUT2D eigenvalue weighted by molar-refractivity contribution is -0.150. The summed E-state index contributed by atoms with van der Waals surface area (Å²) in [6.07, 6.45) is -3.14. The lowest BCUT2D eigenvalue weighted by Gasteiger charge is -2.19. The van der Waals surface area contributed by atoms with Crippen LogP contribution in [0.15, 0.2) is 21.7 Å². The summed E-state index contributed by atoms with van der Waals surface area (Å²) in [6, 6.07) is 1.48. The third kappa shape index (κ3) is 5.76. The van der Waals surface area contributed by atoms with Gasteiger partial charge in [0.2, 0.25) is 17.7 Å². The van der Waals surface area contributed by atoms with E-state index in [-0.39, 0.29) is 27.5 Å². The fourth-order valence-corrected chi connectivity index (χ4v) is 4.62. The summed E-state index contributed by atoms with van der Waals surface area (Å²) in [5.74, 6) is -0.919. The Kier molecular flexibility index (Phi) is 7.50. The number of anilines is 1. The molecule has 2 atom stereocenters. The van der Waals surface area contributed by atoms with Crippen molar-refractivity contribution in [2.24, 2.45) is 0 Å². The van der Waals surface area contributed by atoms with Gasteiger partial charge in [-0.1, -0.05) is 0 Å². The van der Waals surface area contributed by atoms with Crippen LogP contribution in [0.1, 0.15) is 25.5 Å². The number of hydrogen-bond donors (Lipinski definition) is 2. The maximum atomic E-state index is 13.9. The van der Waals surface area contributed by atoms with E-state index in [1.54, 1.807) is 4.72 Å². The number of sulfonamides is 1. The van der Waals surface area contributed by atoms with Gasteiger partial charge in [0.15, 0.2) is 6.10 Å². The van der Waals surface area contributed by atoms with Crippen LogP contribution in [0.4, 0.5) is 15.1 Å². The maximum absolute atomic E-state index is 13.9. The number of methoxy groups -OCH3 is 2. The number of rotatable bonds is 8. The highest BCUT2D eigenvalue weighted by Crippen LogP contribution is 2.33. The van der Waals surface area contributed by atoms with Crippen LogP contribution >= 0.6 is 11.3 Å². The van der Waals surface area contributed by atoms with Crippen LogP contribution in [-0.4, -0.2) is 50.8 Å². The Morgan fingerprint density at radius 1 is 1.20 bits per heavy atom. The molecular formula is C16H19FN4O7S2. The highest BCUT2D eigenvalue weighted by atomic mass is 32.2. The van der Waals surface area contributed by atoms with E-state index in [1.807, 2.05) is 0 Å². The second-order valence-corrected chi connectivity index (χ2v) is 8.50. The van der Waals surface area contributed by atoms with Crippen molar-refractivity contribution in [2.45, 2.75) is 30.3 Å². The van der Waals surface area contributed by atoms with E-state index in [0.29, 0.717) is 0 Å². The van der Waals surface area contributed by atoms with Crippen LogP contribution in [-0.2, 0) is 19.6 Å². The zero-order valence-corrected chi connectivity index (χ0v) is 18.0. The summed E-state index contributed by atoms with van der Waals surface area (Å²) in [5, 5.41) is 3.52. The lowest BCUT2D eigenvalue weighted by atomic mass is 10.1. The number of hydrogen-bond acceptors (Lipinski definition) is 10. The van der Waals surface area contributed by atoms with Gasteiger partial charge in [0.25, 0.3) is 10.0 Å². The predicted molar refractivity (Wildman–Crippen MR) is 104 cm³/mol. The molecule has 2 N–H and O–H groups in total. The van der Waals surface area contributed by atoms with Crippen molar-refractivity contribution in [1.29, 1.82) is 0 Å². The van der Waals surface area contributed by atoms with E-state index in [9.17, 15) is 22.4 Å². The van der Waals surface area contributed by atoms with Gasteiger partial charge < -0.3 is 14.2 Å². The molecule has 0 radical (unpaired) electrons. The van der Waals surface area contributed by atoms with E-state index in [4.69, 9.17) is 14.2 Å². The van der Waals surface area contributed by atoms with Crippen LogP contribution in [0.5, 0.6) is 11.8 Å². The van der Waals surface area contributed by atoms with Crippen molar-refractivity contribution in [1.82, 2.24) is 14.7 Å². The van der Waals surface area contributed by atoms with Gasteiger partial charge in [0, 0.05) is 12.5 Å². The average Bonchev–Trinajstić information content (AvgIpc) is 3.15. The molecule has 0 aliphatic heterocycles. The second-order valence-electron chi connectivity index (χ2n) is 5.71. The molecule has 0 aromatic carbocycles. The van der Waals surface area contributed by atoms with Gasteiger partial charge in [0.05, 0.1) is 20.3 Å². The van der Waals surface area contributed by atoms with Gasteiger partial charge in [-0.2, -0.15) is 9.97 Å². The Hall–Kier alpha value is -3.00. The van der Waals surface area contributed by atoms with Crippen LogP contribution in [0, 0.1) is 0 Å². The standard InChI is InChI=1S/C16H19FN4O7S2/c1-8(17)13(28-9(2)22)10-5-6-29-14(10)30(24,25)21-16(23)20-15-18-11(26-3)7-12(19-15)27-4/h5-8,13H,1-4H3,(H2,18,19,20,21,23). The summed E-state index contributed by atoms with van der Waals surface area (Å²) in [7, 11) is -1.77. The quantitative estimate of drug-likeness (QED) is 0.563. The molecule has 2 amide bonds. The van der Waals surface area contributed by atoms with Crippen molar-refractivity contribution >= 4 is 39.3 Å². The summed E-state index contributed by atoms with van der Waals surface area (Å²) in [5.41, 5.74) is -0.0928. The first-order chi connectivity index (χ1) is 14.1. The van der Waals surface area contributed by atoms with Crippen molar-refractivity contribution < 1.29 is 36.6 Å². The van der Waals surface area contributed by atoms with Gasteiger partial charge in [-0.15, -0.1) is 11.3 Å². The number of halogens is 1. The maximum Gasteiger partial charge on any atom is 0.335 e. The molecule has 0 aliphatic rings. The number of alkyl halides is 1. The van der Waals surface area contributed by atoms with Crippen molar-refractivity contribution in [3.05, 3.63) is 23.1 Å². The monoisotopic (exact) mass is 462 g/mol. The fraction of sp³-hybridized carbons (Fsp3) is 0.375. The summed E-state index contributed by atoms with van der Waals surface area (Å²) < 4.78 is 55.4. The molecule has 0 spiro atoms. The van der Waals surface area contributed by atoms with Gasteiger partial charge in [0.1, 0.15) is 10.4 Å². The Labute approximate surface area is 175 Å². The molecule has 14 heteroatoms. The first kappa shape index (κ1) is 23.3. The molecule has 2 rings (SSSR count). The molecule has 2 aromatic heterocycles. The first-order valence-electron chi connectivity index (χ1n) is 8.27. The minimum Gasteiger partial charge on any atom is -0.481 e. The average molecular weight is 462 g/mol. The summed E-state index contributed by atoms with van der Waals surface area (Å²) >= 11 is 0.730. The smallest absolute Gasteiger partial charge is 0.335 e. The number of amides is 2. The largest absolute Gasteiger partial charge is 0.481 e. The number of ether oxygens (including phenoxy) is 3. The summed E-state index contributed by atoms with van der Waals surface area (Å²) in [4.78, 5) is 31.1. The number of esters is 1. The molecule has 2 heterocycles. The van der Waals surface area contributed by atoms with E-state index in [1.165, 1.54) is 31.7 Å². The highest BCUT2D eigenvalue weighted by molar-refractivity contribution is 7.92. The first-order valence-corrected chi connectivity index (χ1v) is 10.6. The van der Waals surface area contributed by atoms with Crippen LogP contribution < -0.4 is 19.5 Å². The SMILES string of the molecule is COc1cc(OC)nc(NC(=O)NS(=O)(=O)c2sccc2C(OC(C)=O)C(C)F)n1. The third-order valence-electron chi connectivity index (χ3n) is 3.47. The molecule has 30 heavy (non-hydrogen) atoms. The van der Waals surface area contributed by atoms with Gasteiger partial charge in [-0.3, -0.25) is 10.1 Å². The molecule has 2 unspecified atom stereocenters. The molecule has 0 aliphatic carbocycles. The molecule has 0 bridgehead atoms. The van der Waals surface area contributed by atoms with Crippen molar-refractivity contribution in [3.8, 4) is 11.8 Å². The molecule has 0 fully saturated rings. The Morgan fingerprint density at radius 3 is 2.30 bits per heavy atom. The number of nitrogens with one attached hydrogen (secondary N) is 2. The zero-order valence-electron chi connectivity index (χ0n) is 16.3. The number of carbonyl (C=O) groups is 2. The molecular weight excluding hydrogens is 443 g/mol. The number of aromatic nitrogens is 2. The van der Waals surface area contributed by atoms with Crippen LogP contribution in [0.2, 0.25) is 0 Å². The van der Waals surface area contributed by atoms with Gasteiger partial charge >= 0.3 is 12.0 Å². The van der Waals surface area contributed by atoms with Gasteiger partial charge in [-0.05, 0) is 18.4 Å². The Balaban J connectivity index is 2.25. The molecule has 164 valence electrons. The van der Waals surface area contributed by atoms with Crippen molar-refractivity contribution in [3.63, 3.8) is 0 Å². The lowest BCUT2D eigenvalue weighted by Crippen LogP contribution is -2.35. The van der Waals surface area contributed by atoms with Gasteiger partial charge in [-0.25, -0.2) is 22.3 Å². The highest BCUT2D eigenvalue weighted by Gasteiger charge is 2.32. The van der Waals surface area contributed by atoms with E-state index in [0.717, 1.165) is 25.2 Å². The van der Waals surface area contributed by atoms with Crippen molar-refractivity contribution in [2.75, 3.05) is 19.5 Å². The summed E-state index contributed by atoms with van der Waals surface area (Å²) in [6.45, 7) is 2.19.